The Kier molecular flexibility index (Phi) is 6.22. The highest BCUT2D eigenvalue weighted by Gasteiger charge is 2.19. The van der Waals surface area contributed by atoms with Crippen molar-refractivity contribution in [1.82, 2.24) is 0 Å². The zero-order valence-corrected chi connectivity index (χ0v) is 10.5. The van der Waals surface area contributed by atoms with Crippen LogP contribution in [0.5, 0.6) is 11.5 Å². The van der Waals surface area contributed by atoms with Crippen LogP contribution in [0, 0.1) is 5.92 Å². The SMILES string of the molecule is COc1ccc2c(c1)C[C@H](C=O)CO2.Cl.Cl. The van der Waals surface area contributed by atoms with E-state index in [0.29, 0.717) is 6.61 Å². The topological polar surface area (TPSA) is 35.5 Å². The molecule has 0 N–H and O–H groups in total. The Balaban J connectivity index is 0.00000112. The van der Waals surface area contributed by atoms with E-state index in [1.165, 1.54) is 0 Å². The summed E-state index contributed by atoms with van der Waals surface area (Å²) in [6.07, 6.45) is 1.69. The lowest BCUT2D eigenvalue weighted by atomic mass is 9.98. The first-order valence-corrected chi connectivity index (χ1v) is 4.58. The van der Waals surface area contributed by atoms with Crippen LogP contribution in [0.2, 0.25) is 0 Å². The number of benzene rings is 1. The van der Waals surface area contributed by atoms with Gasteiger partial charge in [-0.3, -0.25) is 0 Å². The van der Waals surface area contributed by atoms with Crippen LogP contribution < -0.4 is 9.47 Å². The van der Waals surface area contributed by atoms with Gasteiger partial charge in [0.05, 0.1) is 19.6 Å². The minimum Gasteiger partial charge on any atom is -0.497 e. The van der Waals surface area contributed by atoms with Crippen molar-refractivity contribution in [3.8, 4) is 11.5 Å². The van der Waals surface area contributed by atoms with Crippen LogP contribution >= 0.6 is 24.8 Å². The van der Waals surface area contributed by atoms with Crippen molar-refractivity contribution in [2.45, 2.75) is 6.42 Å². The Bertz CT molecular complexity index is 355. The number of methoxy groups -OCH3 is 1. The van der Waals surface area contributed by atoms with Crippen LogP contribution in [-0.4, -0.2) is 20.0 Å². The van der Waals surface area contributed by atoms with E-state index in [9.17, 15) is 4.79 Å². The summed E-state index contributed by atoms with van der Waals surface area (Å²) in [5, 5.41) is 0. The van der Waals surface area contributed by atoms with Crippen molar-refractivity contribution in [3.63, 3.8) is 0 Å². The molecule has 90 valence electrons. The molecule has 0 saturated carbocycles. The standard InChI is InChI=1S/C11H12O3.2ClH/c1-13-10-2-3-11-9(5-10)4-8(6-12)7-14-11;;/h2-3,5-6,8H,4,7H2,1H3;2*1H/t8-;;/m1../s1. The molecule has 1 heterocycles. The molecule has 0 saturated heterocycles. The number of rotatable bonds is 2. The minimum absolute atomic E-state index is 0. The molecular weight excluding hydrogens is 251 g/mol. The molecular formula is C11H14Cl2O3. The molecule has 1 aromatic carbocycles. The maximum absolute atomic E-state index is 10.6. The quantitative estimate of drug-likeness (QED) is 0.769. The first-order chi connectivity index (χ1) is 6.83. The zero-order chi connectivity index (χ0) is 9.97. The van der Waals surface area contributed by atoms with Crippen LogP contribution in [0.3, 0.4) is 0 Å². The number of aldehydes is 1. The smallest absolute Gasteiger partial charge is 0.126 e. The third-order valence-corrected chi connectivity index (χ3v) is 2.40. The lowest BCUT2D eigenvalue weighted by Crippen LogP contribution is -2.21. The third-order valence-electron chi connectivity index (χ3n) is 2.40. The van der Waals surface area contributed by atoms with E-state index in [4.69, 9.17) is 9.47 Å². The van der Waals surface area contributed by atoms with Crippen molar-refractivity contribution in [3.05, 3.63) is 23.8 Å². The second-order valence-electron chi connectivity index (χ2n) is 3.38. The summed E-state index contributed by atoms with van der Waals surface area (Å²) in [6, 6.07) is 5.67. The molecule has 0 fully saturated rings. The van der Waals surface area contributed by atoms with Crippen molar-refractivity contribution >= 4 is 31.1 Å². The van der Waals surface area contributed by atoms with Crippen molar-refractivity contribution in [2.24, 2.45) is 5.92 Å². The largest absolute Gasteiger partial charge is 0.497 e. The summed E-state index contributed by atoms with van der Waals surface area (Å²) in [4.78, 5) is 10.6. The van der Waals surface area contributed by atoms with E-state index in [0.717, 1.165) is 29.8 Å². The second-order valence-corrected chi connectivity index (χ2v) is 3.38. The van der Waals surface area contributed by atoms with Gasteiger partial charge in [0.2, 0.25) is 0 Å². The lowest BCUT2D eigenvalue weighted by Gasteiger charge is -2.21. The maximum Gasteiger partial charge on any atom is 0.126 e. The van der Waals surface area contributed by atoms with Gasteiger partial charge in [0.25, 0.3) is 0 Å². The molecule has 0 spiro atoms. The van der Waals surface area contributed by atoms with Crippen LogP contribution in [0.1, 0.15) is 5.56 Å². The lowest BCUT2D eigenvalue weighted by molar-refractivity contribution is -0.112. The van der Waals surface area contributed by atoms with Gasteiger partial charge in [-0.15, -0.1) is 24.8 Å². The number of carbonyl (C=O) groups excluding carboxylic acids is 1. The Morgan fingerprint density at radius 1 is 1.44 bits per heavy atom. The average Bonchev–Trinajstić information content (AvgIpc) is 2.27. The second kappa shape index (κ2) is 6.61. The van der Waals surface area contributed by atoms with E-state index in [-0.39, 0.29) is 30.7 Å². The van der Waals surface area contributed by atoms with Gasteiger partial charge in [-0.25, -0.2) is 0 Å². The van der Waals surface area contributed by atoms with E-state index in [2.05, 4.69) is 0 Å². The monoisotopic (exact) mass is 264 g/mol. The van der Waals surface area contributed by atoms with E-state index < -0.39 is 0 Å². The normalized spacial score (nSPS) is 16.9. The molecule has 2 rings (SSSR count). The number of carbonyl (C=O) groups is 1. The Morgan fingerprint density at radius 3 is 2.81 bits per heavy atom. The summed E-state index contributed by atoms with van der Waals surface area (Å²) in [6.45, 7) is 0.489. The molecule has 16 heavy (non-hydrogen) atoms. The zero-order valence-electron chi connectivity index (χ0n) is 8.84. The van der Waals surface area contributed by atoms with Gasteiger partial charge in [-0.2, -0.15) is 0 Å². The number of hydrogen-bond acceptors (Lipinski definition) is 3. The summed E-state index contributed by atoms with van der Waals surface area (Å²) < 4.78 is 10.5. The average molecular weight is 265 g/mol. The Morgan fingerprint density at radius 2 is 2.19 bits per heavy atom. The molecule has 0 amide bonds. The number of fused-ring (bicyclic) bond motifs is 1. The van der Waals surface area contributed by atoms with Crippen LogP contribution in [0.4, 0.5) is 0 Å². The molecule has 0 radical (unpaired) electrons. The molecule has 3 nitrogen and oxygen atoms in total. The molecule has 1 aliphatic rings. The minimum atomic E-state index is -0.0189. The fourth-order valence-electron chi connectivity index (χ4n) is 1.61. The van der Waals surface area contributed by atoms with Crippen molar-refractivity contribution in [2.75, 3.05) is 13.7 Å². The highest BCUT2D eigenvalue weighted by atomic mass is 35.5. The molecule has 1 aliphatic heterocycles. The van der Waals surface area contributed by atoms with Crippen LogP contribution in [0.25, 0.3) is 0 Å². The van der Waals surface area contributed by atoms with Crippen molar-refractivity contribution < 1.29 is 14.3 Å². The predicted octanol–water partition coefficient (Wildman–Crippen LogP) is 2.29. The Labute approximate surface area is 107 Å². The van der Waals surface area contributed by atoms with Gasteiger partial charge in [0.1, 0.15) is 17.8 Å². The van der Waals surface area contributed by atoms with Crippen LogP contribution in [-0.2, 0) is 11.2 Å². The summed E-state index contributed by atoms with van der Waals surface area (Å²) >= 11 is 0. The van der Waals surface area contributed by atoms with Gasteiger partial charge in [-0.1, -0.05) is 0 Å². The van der Waals surface area contributed by atoms with E-state index >= 15 is 0 Å². The Hall–Kier alpha value is -0.930. The van der Waals surface area contributed by atoms with Gasteiger partial charge < -0.3 is 14.3 Å². The van der Waals surface area contributed by atoms with E-state index in [1.54, 1.807) is 7.11 Å². The molecule has 5 heteroatoms. The number of halogens is 2. The molecule has 0 bridgehead atoms. The third kappa shape index (κ3) is 3.03. The van der Waals surface area contributed by atoms with Gasteiger partial charge in [0.15, 0.2) is 0 Å². The first-order valence-electron chi connectivity index (χ1n) is 4.58. The van der Waals surface area contributed by atoms with E-state index in [1.807, 2.05) is 18.2 Å². The first kappa shape index (κ1) is 15.1. The summed E-state index contributed by atoms with van der Waals surface area (Å²) in [7, 11) is 1.63. The fraction of sp³-hybridized carbons (Fsp3) is 0.364. The molecule has 0 aromatic heterocycles. The molecule has 0 unspecified atom stereocenters. The fourth-order valence-corrected chi connectivity index (χ4v) is 1.61. The highest BCUT2D eigenvalue weighted by Crippen LogP contribution is 2.29. The molecule has 1 aromatic rings. The highest BCUT2D eigenvalue weighted by molar-refractivity contribution is 5.85. The summed E-state index contributed by atoms with van der Waals surface area (Å²) in [5.41, 5.74) is 1.05. The summed E-state index contributed by atoms with van der Waals surface area (Å²) in [5.74, 6) is 1.65. The molecule has 0 aliphatic carbocycles. The number of hydrogen-bond donors (Lipinski definition) is 0. The van der Waals surface area contributed by atoms with Gasteiger partial charge in [0, 0.05) is 0 Å². The number of ether oxygens (including phenoxy) is 2. The van der Waals surface area contributed by atoms with Gasteiger partial charge in [-0.05, 0) is 30.2 Å². The van der Waals surface area contributed by atoms with Crippen molar-refractivity contribution in [1.29, 1.82) is 0 Å². The molecule has 1 atom stereocenters. The van der Waals surface area contributed by atoms with Gasteiger partial charge >= 0.3 is 0 Å². The maximum atomic E-state index is 10.6. The predicted molar refractivity (Wildman–Crippen MR) is 66.2 cm³/mol. The van der Waals surface area contributed by atoms with Crippen LogP contribution in [0.15, 0.2) is 18.2 Å².